The molecule has 0 saturated heterocycles. The van der Waals surface area contributed by atoms with Crippen LogP contribution in [-0.2, 0) is 25.0 Å². The van der Waals surface area contributed by atoms with Crippen LogP contribution in [0.15, 0.2) is 24.3 Å². The molecule has 2 amide bonds. The van der Waals surface area contributed by atoms with Crippen LogP contribution >= 0.6 is 0 Å². The summed E-state index contributed by atoms with van der Waals surface area (Å²) in [6, 6.07) is 6.81. The molecule has 1 heterocycles. The third kappa shape index (κ3) is 4.21. The minimum atomic E-state index is -0.243. The molecule has 2 N–H and O–H groups in total. The van der Waals surface area contributed by atoms with Crippen molar-refractivity contribution in [2.45, 2.75) is 19.3 Å². The maximum atomic E-state index is 12.1. The Kier molecular flexibility index (Phi) is 7.85. The van der Waals surface area contributed by atoms with Crippen molar-refractivity contribution in [1.82, 2.24) is 4.90 Å². The fraction of sp³-hybridized carbons (Fsp3) is 0.467. The normalized spacial score (nSPS) is 14.7. The predicted molar refractivity (Wildman–Crippen MR) is 74.8 cm³/mol. The number of imide groups is 1. The molecule has 0 spiro atoms. The first-order valence-corrected chi connectivity index (χ1v) is 7.01. The maximum absolute atomic E-state index is 12.1. The fourth-order valence-corrected chi connectivity index (χ4v) is 2.48. The van der Waals surface area contributed by atoms with E-state index in [2.05, 4.69) is 4.89 Å². The molecule has 1 aliphatic rings. The molecule has 0 fully saturated rings. The summed E-state index contributed by atoms with van der Waals surface area (Å²) in [5.41, 5.74) is 0.925. The van der Waals surface area contributed by atoms with Gasteiger partial charge >= 0.3 is 0 Å². The Morgan fingerprint density at radius 2 is 1.68 bits per heavy atom. The number of rotatable bonds is 8. The number of amides is 2. The summed E-state index contributed by atoms with van der Waals surface area (Å²) in [7, 11) is 0. The van der Waals surface area contributed by atoms with Gasteiger partial charge in [-0.3, -0.25) is 19.7 Å². The first-order chi connectivity index (χ1) is 10.2. The summed E-state index contributed by atoms with van der Waals surface area (Å²) in [5.74, 6) is -0.613. The number of aliphatic hydroxyl groups excluding tert-OH is 1. The Labute approximate surface area is 142 Å². The number of hydrogen-bond donors (Lipinski definition) is 2. The minimum absolute atomic E-state index is 0. The minimum Gasteiger partial charge on any atom is -0.396 e. The molecular weight excluding hydrogens is 466 g/mol. The first-order valence-electron chi connectivity index (χ1n) is 7.01. The Hall–Kier alpha value is -1.11. The van der Waals surface area contributed by atoms with Crippen LogP contribution in [0, 0.1) is 5.92 Å². The maximum Gasteiger partial charge on any atom is 0.261 e. The largest absolute Gasteiger partial charge is 0.396 e. The van der Waals surface area contributed by atoms with Crippen LogP contribution in [-0.4, -0.2) is 46.8 Å². The molecule has 22 heavy (non-hydrogen) atoms. The Morgan fingerprint density at radius 3 is 2.18 bits per heavy atom. The zero-order valence-electron chi connectivity index (χ0n) is 12.0. The molecule has 1 aliphatic heterocycles. The third-order valence-corrected chi connectivity index (χ3v) is 3.69. The van der Waals surface area contributed by atoms with E-state index in [1.54, 1.807) is 24.3 Å². The van der Waals surface area contributed by atoms with E-state index in [0.29, 0.717) is 30.5 Å². The van der Waals surface area contributed by atoms with Crippen LogP contribution in [0.3, 0.4) is 0 Å². The molecule has 0 aliphatic carbocycles. The van der Waals surface area contributed by atoms with Gasteiger partial charge in [0.1, 0.15) is 0 Å². The summed E-state index contributed by atoms with van der Waals surface area (Å²) in [4.78, 5) is 29.5. The fourth-order valence-electron chi connectivity index (χ4n) is 2.48. The molecule has 0 aromatic heterocycles. The van der Waals surface area contributed by atoms with Gasteiger partial charge in [-0.1, -0.05) is 18.6 Å². The Bertz CT molecular complexity index is 487. The smallest absolute Gasteiger partial charge is 0.261 e. The number of aliphatic hydroxyl groups is 1. The van der Waals surface area contributed by atoms with Crippen molar-refractivity contribution in [1.29, 1.82) is 0 Å². The second kappa shape index (κ2) is 9.12. The molecule has 123 valence electrons. The molecule has 0 saturated carbocycles. The molecule has 1 atom stereocenters. The standard InChI is InChI=1S/C15H19NO5.Ir/c17-9-11(10-21-20)5-3-4-8-16-14(18)12-6-1-2-7-13(12)15(16)19;/h1-2,6-7,11,17,20H,3-5,8-10H2;. The second-order valence-electron chi connectivity index (χ2n) is 5.15. The van der Waals surface area contributed by atoms with Crippen LogP contribution in [0.2, 0.25) is 0 Å². The van der Waals surface area contributed by atoms with E-state index >= 15 is 0 Å². The summed E-state index contributed by atoms with van der Waals surface area (Å²) in [6.45, 7) is 0.390. The molecule has 7 heteroatoms. The molecule has 1 radical (unpaired) electrons. The Balaban J connectivity index is 0.00000242. The van der Waals surface area contributed by atoms with E-state index < -0.39 is 0 Å². The van der Waals surface area contributed by atoms with Crippen molar-refractivity contribution in [3.8, 4) is 0 Å². The van der Waals surface area contributed by atoms with Gasteiger partial charge in [0.15, 0.2) is 0 Å². The molecule has 1 aromatic rings. The first kappa shape index (κ1) is 18.9. The monoisotopic (exact) mass is 486 g/mol. The summed E-state index contributed by atoms with van der Waals surface area (Å²) in [6.07, 6.45) is 2.07. The van der Waals surface area contributed by atoms with Gasteiger partial charge in [-0.15, -0.1) is 0 Å². The van der Waals surface area contributed by atoms with Gasteiger partial charge in [0.25, 0.3) is 11.8 Å². The topological polar surface area (TPSA) is 87.1 Å². The van der Waals surface area contributed by atoms with Gasteiger partial charge < -0.3 is 5.11 Å². The Morgan fingerprint density at radius 1 is 1.09 bits per heavy atom. The van der Waals surface area contributed by atoms with Gasteiger partial charge in [-0.05, 0) is 25.0 Å². The second-order valence-corrected chi connectivity index (χ2v) is 5.15. The van der Waals surface area contributed by atoms with E-state index in [-0.39, 0.29) is 51.1 Å². The number of hydrogen-bond acceptors (Lipinski definition) is 5. The average Bonchev–Trinajstić information content (AvgIpc) is 2.75. The van der Waals surface area contributed by atoms with Crippen LogP contribution < -0.4 is 0 Å². The van der Waals surface area contributed by atoms with E-state index in [0.717, 1.165) is 6.42 Å². The van der Waals surface area contributed by atoms with Crippen molar-refractivity contribution in [3.05, 3.63) is 35.4 Å². The number of carbonyl (C=O) groups excluding carboxylic acids is 2. The van der Waals surface area contributed by atoms with Crippen molar-refractivity contribution in [3.63, 3.8) is 0 Å². The zero-order chi connectivity index (χ0) is 15.2. The molecule has 1 unspecified atom stereocenters. The SMILES string of the molecule is O=C1c2ccccc2C(=O)N1CCCCC(CO)COO.[Ir]. The summed E-state index contributed by atoms with van der Waals surface area (Å²) in [5, 5.41) is 17.4. The zero-order valence-corrected chi connectivity index (χ0v) is 14.4. The van der Waals surface area contributed by atoms with Crippen molar-refractivity contribution >= 4 is 11.8 Å². The number of unbranched alkanes of at least 4 members (excludes halogenated alkanes) is 1. The molecular formula is C15H19IrNO5. The van der Waals surface area contributed by atoms with Crippen LogP contribution in [0.25, 0.3) is 0 Å². The van der Waals surface area contributed by atoms with Crippen molar-refractivity contribution in [2.24, 2.45) is 5.92 Å². The summed E-state index contributed by atoms with van der Waals surface area (Å²) >= 11 is 0. The third-order valence-electron chi connectivity index (χ3n) is 3.69. The van der Waals surface area contributed by atoms with Crippen LogP contribution in [0.1, 0.15) is 40.0 Å². The predicted octanol–water partition coefficient (Wildman–Crippen LogP) is 1.55. The van der Waals surface area contributed by atoms with Gasteiger partial charge in [-0.2, -0.15) is 0 Å². The van der Waals surface area contributed by atoms with E-state index in [1.807, 2.05) is 0 Å². The molecule has 6 nitrogen and oxygen atoms in total. The molecule has 0 bridgehead atoms. The molecule has 2 rings (SSSR count). The molecule has 1 aromatic carbocycles. The van der Waals surface area contributed by atoms with Gasteiger partial charge in [0.05, 0.1) is 17.7 Å². The average molecular weight is 486 g/mol. The number of nitrogens with zero attached hydrogens (tertiary/aromatic N) is 1. The number of carbonyl (C=O) groups is 2. The van der Waals surface area contributed by atoms with Gasteiger partial charge in [0.2, 0.25) is 0 Å². The summed E-state index contributed by atoms with van der Waals surface area (Å²) < 4.78 is 0. The van der Waals surface area contributed by atoms with Gasteiger partial charge in [0, 0.05) is 39.2 Å². The van der Waals surface area contributed by atoms with E-state index in [9.17, 15) is 9.59 Å². The van der Waals surface area contributed by atoms with Crippen LogP contribution in [0.4, 0.5) is 0 Å². The van der Waals surface area contributed by atoms with Crippen molar-refractivity contribution < 1.29 is 44.9 Å². The van der Waals surface area contributed by atoms with Crippen LogP contribution in [0.5, 0.6) is 0 Å². The van der Waals surface area contributed by atoms with E-state index in [4.69, 9.17) is 10.4 Å². The number of benzene rings is 1. The quantitative estimate of drug-likeness (QED) is 0.253. The number of fused-ring (bicyclic) bond motifs is 1. The van der Waals surface area contributed by atoms with E-state index in [1.165, 1.54) is 4.90 Å². The van der Waals surface area contributed by atoms with Crippen molar-refractivity contribution in [2.75, 3.05) is 19.8 Å². The van der Waals surface area contributed by atoms with Gasteiger partial charge in [-0.25, -0.2) is 4.89 Å².